The van der Waals surface area contributed by atoms with Crippen molar-refractivity contribution in [2.45, 2.75) is 52.1 Å². The standard InChI is InChI=1S/C25H31N3O5/c1-18(2)28(25(31)20-12-10-19(11-13-20)22-8-7-15-32-22)17-21-16-27(3)26-24(21)33-14-6-4-5-9-23(29)30/h7-8,10-13,15-16,18H,4-6,9,14,17H2,1-3H3,(H,29,30)/i18D. The van der Waals surface area contributed by atoms with Gasteiger partial charge in [0.15, 0.2) is 0 Å². The second kappa shape index (κ2) is 11.4. The molecule has 0 fully saturated rings. The fourth-order valence-electron chi connectivity index (χ4n) is 3.45. The van der Waals surface area contributed by atoms with E-state index < -0.39 is 12.0 Å². The van der Waals surface area contributed by atoms with Crippen LogP contribution in [0.1, 0.15) is 56.8 Å². The van der Waals surface area contributed by atoms with Crippen LogP contribution >= 0.6 is 0 Å². The van der Waals surface area contributed by atoms with Crippen molar-refractivity contribution in [3.05, 3.63) is 60.0 Å². The first-order valence-electron chi connectivity index (χ1n) is 11.5. The zero-order valence-electron chi connectivity index (χ0n) is 20.3. The third-order valence-corrected chi connectivity index (χ3v) is 5.19. The van der Waals surface area contributed by atoms with Crippen LogP contribution in [0.5, 0.6) is 5.88 Å². The van der Waals surface area contributed by atoms with E-state index in [4.69, 9.17) is 15.6 Å². The molecule has 8 heteroatoms. The second-order valence-corrected chi connectivity index (χ2v) is 8.08. The highest BCUT2D eigenvalue weighted by Crippen LogP contribution is 2.23. The Morgan fingerprint density at radius 3 is 2.61 bits per heavy atom. The summed E-state index contributed by atoms with van der Waals surface area (Å²) in [6, 6.07) is 9.59. The van der Waals surface area contributed by atoms with Crippen LogP contribution in [-0.4, -0.2) is 44.3 Å². The normalized spacial score (nSPS) is 11.8. The molecule has 2 heterocycles. The molecule has 176 valence electrons. The number of benzene rings is 1. The van der Waals surface area contributed by atoms with Gasteiger partial charge >= 0.3 is 5.97 Å². The van der Waals surface area contributed by atoms with Crippen LogP contribution in [0, 0.1) is 0 Å². The SMILES string of the molecule is [2H]C(C)(C)N(Cc1cn(C)nc1OCCCCCC(=O)O)C(=O)c1ccc(-c2ccco2)cc1. The van der Waals surface area contributed by atoms with E-state index in [0.29, 0.717) is 36.5 Å². The highest BCUT2D eigenvalue weighted by Gasteiger charge is 2.22. The Morgan fingerprint density at radius 1 is 1.21 bits per heavy atom. The summed E-state index contributed by atoms with van der Waals surface area (Å²) < 4.78 is 21.4. The fraction of sp³-hybridized carbons (Fsp3) is 0.400. The lowest BCUT2D eigenvalue weighted by molar-refractivity contribution is -0.137. The first-order chi connectivity index (χ1) is 16.1. The molecule has 1 aromatic carbocycles. The second-order valence-electron chi connectivity index (χ2n) is 8.08. The Hall–Kier alpha value is -3.55. The fourth-order valence-corrected chi connectivity index (χ4v) is 3.45. The first kappa shape index (κ1) is 22.6. The molecule has 0 aliphatic carbocycles. The number of carboxylic acids is 1. The number of aryl methyl sites for hydroxylation is 1. The number of carbonyl (C=O) groups excluding carboxylic acids is 1. The van der Waals surface area contributed by atoms with E-state index in [1.807, 2.05) is 24.3 Å². The number of rotatable bonds is 12. The number of carboxylic acid groups (broad SMARTS) is 1. The number of furan rings is 1. The summed E-state index contributed by atoms with van der Waals surface area (Å²) in [6.45, 7) is 3.90. The van der Waals surface area contributed by atoms with E-state index in [1.165, 1.54) is 4.90 Å². The third-order valence-electron chi connectivity index (χ3n) is 5.19. The Labute approximate surface area is 195 Å². The molecule has 2 aromatic heterocycles. The van der Waals surface area contributed by atoms with E-state index in [2.05, 4.69) is 5.10 Å². The molecular weight excluding hydrogens is 422 g/mol. The topological polar surface area (TPSA) is 97.8 Å². The molecule has 0 aliphatic heterocycles. The molecule has 0 aliphatic rings. The number of nitrogens with zero attached hydrogens (tertiary/aromatic N) is 3. The van der Waals surface area contributed by atoms with Crippen LogP contribution < -0.4 is 4.74 Å². The van der Waals surface area contributed by atoms with Crippen LogP contribution in [0.3, 0.4) is 0 Å². The number of amides is 1. The summed E-state index contributed by atoms with van der Waals surface area (Å²) in [5, 5.41) is 13.1. The van der Waals surface area contributed by atoms with E-state index in [0.717, 1.165) is 17.7 Å². The van der Waals surface area contributed by atoms with Crippen LogP contribution in [0.2, 0.25) is 0 Å². The minimum Gasteiger partial charge on any atom is -0.481 e. The van der Waals surface area contributed by atoms with Gasteiger partial charge in [-0.2, -0.15) is 0 Å². The number of aliphatic carboxylic acids is 1. The molecule has 0 atom stereocenters. The van der Waals surface area contributed by atoms with Crippen molar-refractivity contribution in [3.63, 3.8) is 0 Å². The van der Waals surface area contributed by atoms with Gasteiger partial charge in [0.05, 0.1) is 26.3 Å². The third kappa shape index (κ3) is 6.71. The van der Waals surface area contributed by atoms with Crippen LogP contribution in [0.4, 0.5) is 0 Å². The summed E-state index contributed by atoms with van der Waals surface area (Å²) in [5.74, 6) is 0.0634. The van der Waals surface area contributed by atoms with Gasteiger partial charge in [-0.1, -0.05) is 12.1 Å². The predicted molar refractivity (Wildman–Crippen MR) is 124 cm³/mol. The van der Waals surface area contributed by atoms with Crippen LogP contribution in [0.25, 0.3) is 11.3 Å². The lowest BCUT2D eigenvalue weighted by Crippen LogP contribution is -2.36. The molecule has 8 nitrogen and oxygen atoms in total. The molecule has 0 unspecified atom stereocenters. The van der Waals surface area contributed by atoms with E-state index >= 15 is 0 Å². The number of hydrogen-bond acceptors (Lipinski definition) is 5. The van der Waals surface area contributed by atoms with E-state index in [9.17, 15) is 9.59 Å². The van der Waals surface area contributed by atoms with Crippen molar-refractivity contribution in [2.75, 3.05) is 6.61 Å². The van der Waals surface area contributed by atoms with Gasteiger partial charge in [-0.15, -0.1) is 5.10 Å². The van der Waals surface area contributed by atoms with Gasteiger partial charge in [0.2, 0.25) is 5.88 Å². The summed E-state index contributed by atoms with van der Waals surface area (Å²) in [5.41, 5.74) is 2.04. The number of aromatic nitrogens is 2. The molecular formula is C25H31N3O5. The van der Waals surface area contributed by atoms with E-state index in [-0.39, 0.29) is 18.9 Å². The summed E-state index contributed by atoms with van der Waals surface area (Å²) in [7, 11) is 1.77. The lowest BCUT2D eigenvalue weighted by atomic mass is 10.1. The van der Waals surface area contributed by atoms with Crippen molar-refractivity contribution >= 4 is 11.9 Å². The summed E-state index contributed by atoms with van der Waals surface area (Å²) in [4.78, 5) is 25.5. The van der Waals surface area contributed by atoms with Crippen molar-refractivity contribution in [1.29, 1.82) is 0 Å². The van der Waals surface area contributed by atoms with Gasteiger partial charge in [-0.25, -0.2) is 0 Å². The monoisotopic (exact) mass is 454 g/mol. The van der Waals surface area contributed by atoms with Crippen LogP contribution in [-0.2, 0) is 18.4 Å². The average Bonchev–Trinajstić information content (AvgIpc) is 3.43. The van der Waals surface area contributed by atoms with Gasteiger partial charge in [0.25, 0.3) is 5.91 Å². The molecule has 0 saturated heterocycles. The van der Waals surface area contributed by atoms with Crippen LogP contribution in [0.15, 0.2) is 53.3 Å². The minimum absolute atomic E-state index is 0.146. The number of ether oxygens (including phenoxy) is 1. The van der Waals surface area contributed by atoms with Gasteiger partial charge in [-0.3, -0.25) is 14.3 Å². The lowest BCUT2D eigenvalue weighted by Gasteiger charge is -2.27. The molecule has 0 saturated carbocycles. The van der Waals surface area contributed by atoms with Crippen molar-refractivity contribution in [3.8, 4) is 17.2 Å². The maximum atomic E-state index is 13.4. The number of hydrogen-bond donors (Lipinski definition) is 1. The molecule has 0 bridgehead atoms. The van der Waals surface area contributed by atoms with Crippen molar-refractivity contribution in [2.24, 2.45) is 7.05 Å². The highest BCUT2D eigenvalue weighted by molar-refractivity contribution is 5.94. The minimum atomic E-state index is -1.18. The Bertz CT molecular complexity index is 1080. The largest absolute Gasteiger partial charge is 0.481 e. The molecule has 3 rings (SSSR count). The van der Waals surface area contributed by atoms with Crippen molar-refractivity contribution in [1.82, 2.24) is 14.7 Å². The highest BCUT2D eigenvalue weighted by atomic mass is 16.5. The first-order valence-corrected chi connectivity index (χ1v) is 11.0. The molecule has 33 heavy (non-hydrogen) atoms. The molecule has 0 radical (unpaired) electrons. The predicted octanol–water partition coefficient (Wildman–Crippen LogP) is 4.75. The number of unbranched alkanes of at least 4 members (excludes halogenated alkanes) is 2. The molecule has 1 N–H and O–H groups in total. The number of carbonyl (C=O) groups is 2. The van der Waals surface area contributed by atoms with Gasteiger partial charge in [0.1, 0.15) is 5.76 Å². The summed E-state index contributed by atoms with van der Waals surface area (Å²) >= 11 is 0. The van der Waals surface area contributed by atoms with E-state index in [1.54, 1.807) is 50.2 Å². The Morgan fingerprint density at radius 2 is 1.97 bits per heavy atom. The molecule has 1 amide bonds. The van der Waals surface area contributed by atoms with Gasteiger partial charge in [0, 0.05) is 36.8 Å². The molecule has 0 spiro atoms. The van der Waals surface area contributed by atoms with Crippen molar-refractivity contribution < 1.29 is 25.2 Å². The zero-order chi connectivity index (χ0) is 24.7. The smallest absolute Gasteiger partial charge is 0.303 e. The maximum absolute atomic E-state index is 13.4. The van der Waals surface area contributed by atoms with Gasteiger partial charge < -0.3 is 19.2 Å². The Kier molecular flexibility index (Phi) is 7.79. The van der Waals surface area contributed by atoms with Gasteiger partial charge in [-0.05, 0) is 57.4 Å². The molecule has 3 aromatic rings. The quantitative estimate of drug-likeness (QED) is 0.397. The summed E-state index contributed by atoms with van der Waals surface area (Å²) in [6.07, 6.45) is 5.58. The average molecular weight is 455 g/mol. The zero-order valence-corrected chi connectivity index (χ0v) is 19.3. The Balaban J connectivity index is 1.69. The maximum Gasteiger partial charge on any atom is 0.303 e.